The molecule has 2 amide bonds. The van der Waals surface area contributed by atoms with Crippen LogP contribution in [0.1, 0.15) is 29.8 Å². The summed E-state index contributed by atoms with van der Waals surface area (Å²) < 4.78 is 0. The van der Waals surface area contributed by atoms with Crippen LogP contribution in [0.3, 0.4) is 0 Å². The molecular weight excluding hydrogens is 392 g/mol. The molecule has 152 valence electrons. The summed E-state index contributed by atoms with van der Waals surface area (Å²) in [5, 5.41) is 13.3. The summed E-state index contributed by atoms with van der Waals surface area (Å²) in [6.07, 6.45) is 0.130. The molecule has 2 rings (SSSR count). The minimum Gasteiger partial charge on any atom is -0.480 e. The van der Waals surface area contributed by atoms with Crippen LogP contribution in [-0.4, -0.2) is 39.3 Å². The predicted octanol–water partition coefficient (Wildman–Crippen LogP) is 2.72. The highest BCUT2D eigenvalue weighted by molar-refractivity contribution is 8.14. The lowest BCUT2D eigenvalue weighted by Crippen LogP contribution is -2.38. The van der Waals surface area contributed by atoms with E-state index in [1.165, 1.54) is 13.8 Å². The zero-order valence-electron chi connectivity index (χ0n) is 16.0. The van der Waals surface area contributed by atoms with Crippen LogP contribution in [0, 0.1) is 0 Å². The van der Waals surface area contributed by atoms with Crippen LogP contribution in [0.25, 0.3) is 0 Å². The van der Waals surface area contributed by atoms with Gasteiger partial charge in [-0.3, -0.25) is 19.2 Å². The van der Waals surface area contributed by atoms with Gasteiger partial charge in [0.15, 0.2) is 0 Å². The van der Waals surface area contributed by atoms with Crippen molar-refractivity contribution in [1.29, 1.82) is 0 Å². The van der Waals surface area contributed by atoms with Gasteiger partial charge < -0.3 is 15.7 Å². The van der Waals surface area contributed by atoms with Gasteiger partial charge in [-0.15, -0.1) is 0 Å². The highest BCUT2D eigenvalue weighted by Crippen LogP contribution is 2.21. The van der Waals surface area contributed by atoms with E-state index in [0.717, 1.165) is 0 Å². The summed E-state index contributed by atoms with van der Waals surface area (Å²) in [4.78, 5) is 47.2. The van der Waals surface area contributed by atoms with Gasteiger partial charge in [-0.1, -0.05) is 42.1 Å². The number of benzene rings is 2. The van der Waals surface area contributed by atoms with Crippen LogP contribution in [0.4, 0.5) is 5.69 Å². The minimum atomic E-state index is -1.11. The number of carbonyl (C=O) groups is 4. The fraction of sp³-hybridized carbons (Fsp3) is 0.238. The number of carboxylic acid groups (broad SMARTS) is 1. The number of hydrogen-bond acceptors (Lipinski definition) is 5. The summed E-state index contributed by atoms with van der Waals surface area (Å²) in [5.41, 5.74) is 1.74. The smallest absolute Gasteiger partial charge is 0.317 e. The second kappa shape index (κ2) is 10.4. The Hall–Kier alpha value is -3.13. The van der Waals surface area contributed by atoms with Crippen LogP contribution >= 0.6 is 11.8 Å². The molecule has 2 aromatic rings. The van der Waals surface area contributed by atoms with Crippen LogP contribution < -0.4 is 10.6 Å². The number of anilines is 1. The van der Waals surface area contributed by atoms with E-state index in [0.29, 0.717) is 28.6 Å². The van der Waals surface area contributed by atoms with Gasteiger partial charge in [-0.2, -0.15) is 0 Å². The highest BCUT2D eigenvalue weighted by Gasteiger charge is 2.26. The molecule has 0 unspecified atom stereocenters. The molecule has 3 N–H and O–H groups in total. The van der Waals surface area contributed by atoms with E-state index >= 15 is 0 Å². The number of rotatable bonds is 8. The highest BCUT2D eigenvalue weighted by atomic mass is 32.2. The van der Waals surface area contributed by atoms with Gasteiger partial charge >= 0.3 is 5.97 Å². The second-order valence-electron chi connectivity index (χ2n) is 6.41. The summed E-state index contributed by atoms with van der Waals surface area (Å²) in [7, 11) is 0. The lowest BCUT2D eigenvalue weighted by molar-refractivity contribution is -0.136. The topological polar surface area (TPSA) is 113 Å². The van der Waals surface area contributed by atoms with Crippen molar-refractivity contribution in [3.63, 3.8) is 0 Å². The predicted molar refractivity (Wildman–Crippen MR) is 112 cm³/mol. The normalized spacial score (nSPS) is 12.5. The van der Waals surface area contributed by atoms with Crippen LogP contribution in [0.15, 0.2) is 54.6 Å². The minimum absolute atomic E-state index is 0.130. The SMILES string of the molecule is CC(=O)Nc1ccc(C[C@@H](SC(=O)[C@@H](C)NC(=O)c2ccccc2)C(=O)O)cc1. The van der Waals surface area contributed by atoms with Crippen LogP contribution in [-0.2, 0) is 20.8 Å². The zero-order valence-corrected chi connectivity index (χ0v) is 16.9. The largest absolute Gasteiger partial charge is 0.480 e. The van der Waals surface area contributed by atoms with Crippen molar-refractivity contribution in [3.8, 4) is 0 Å². The average Bonchev–Trinajstić information content (AvgIpc) is 2.68. The molecule has 0 aliphatic carbocycles. The van der Waals surface area contributed by atoms with E-state index in [-0.39, 0.29) is 12.3 Å². The summed E-state index contributed by atoms with van der Waals surface area (Å²) >= 11 is 0.685. The third kappa shape index (κ3) is 7.08. The molecule has 0 bridgehead atoms. The monoisotopic (exact) mass is 414 g/mol. The van der Waals surface area contributed by atoms with Gasteiger partial charge in [0, 0.05) is 18.2 Å². The quantitative estimate of drug-likeness (QED) is 0.612. The molecule has 0 fully saturated rings. The van der Waals surface area contributed by atoms with E-state index in [9.17, 15) is 24.3 Å². The zero-order chi connectivity index (χ0) is 21.4. The number of amides is 2. The molecule has 0 aliphatic heterocycles. The summed E-state index contributed by atoms with van der Waals surface area (Å²) in [6.45, 7) is 2.92. The number of carbonyl (C=O) groups excluding carboxylic acids is 3. The van der Waals surface area contributed by atoms with E-state index in [2.05, 4.69) is 10.6 Å². The Morgan fingerprint density at radius 1 is 1.00 bits per heavy atom. The number of aliphatic carboxylic acids is 1. The van der Waals surface area contributed by atoms with Crippen molar-refractivity contribution in [2.24, 2.45) is 0 Å². The molecule has 2 aromatic carbocycles. The maximum atomic E-state index is 12.4. The van der Waals surface area contributed by atoms with E-state index in [4.69, 9.17) is 0 Å². The van der Waals surface area contributed by atoms with Crippen molar-refractivity contribution < 1.29 is 24.3 Å². The number of thioether (sulfide) groups is 1. The summed E-state index contributed by atoms with van der Waals surface area (Å²) in [5.74, 6) is -1.71. The third-order valence-corrected chi connectivity index (χ3v) is 5.21. The maximum Gasteiger partial charge on any atom is 0.317 e. The molecule has 0 aliphatic rings. The molecule has 8 heteroatoms. The molecule has 0 aromatic heterocycles. The van der Waals surface area contributed by atoms with Gasteiger partial charge in [0.05, 0.1) is 6.04 Å². The number of hydrogen-bond donors (Lipinski definition) is 3. The van der Waals surface area contributed by atoms with Crippen molar-refractivity contribution >= 4 is 40.3 Å². The first-order chi connectivity index (χ1) is 13.8. The van der Waals surface area contributed by atoms with Crippen LogP contribution in [0.5, 0.6) is 0 Å². The first-order valence-electron chi connectivity index (χ1n) is 8.92. The standard InChI is InChI=1S/C21H22N2O5S/c1-13(22-19(25)16-6-4-3-5-7-16)21(28)29-18(20(26)27)12-15-8-10-17(11-9-15)23-14(2)24/h3-11,13,18H,12H2,1-2H3,(H,22,25)(H,23,24)(H,26,27)/t13-,18-/m1/s1. The molecule has 2 atom stereocenters. The Balaban J connectivity index is 1.96. The average molecular weight is 414 g/mol. The van der Waals surface area contributed by atoms with E-state index < -0.39 is 28.3 Å². The van der Waals surface area contributed by atoms with Crippen LogP contribution in [0.2, 0.25) is 0 Å². The molecule has 0 saturated carbocycles. The van der Waals surface area contributed by atoms with E-state index in [1.54, 1.807) is 54.6 Å². The number of carboxylic acids is 1. The molecule has 0 saturated heterocycles. The van der Waals surface area contributed by atoms with Crippen molar-refractivity contribution in [2.75, 3.05) is 5.32 Å². The van der Waals surface area contributed by atoms with Crippen molar-refractivity contribution in [3.05, 3.63) is 65.7 Å². The van der Waals surface area contributed by atoms with E-state index in [1.807, 2.05) is 0 Å². The Kier molecular flexibility index (Phi) is 7.97. The molecular formula is C21H22N2O5S. The first-order valence-corrected chi connectivity index (χ1v) is 9.80. The second-order valence-corrected chi connectivity index (χ2v) is 7.61. The van der Waals surface area contributed by atoms with Crippen molar-refractivity contribution in [1.82, 2.24) is 5.32 Å². The van der Waals surface area contributed by atoms with Gasteiger partial charge in [0.1, 0.15) is 5.25 Å². The Morgan fingerprint density at radius 2 is 1.62 bits per heavy atom. The first kappa shape index (κ1) is 22.2. The third-order valence-electron chi connectivity index (χ3n) is 3.97. The maximum absolute atomic E-state index is 12.4. The van der Waals surface area contributed by atoms with Gasteiger partial charge in [0.2, 0.25) is 11.0 Å². The fourth-order valence-electron chi connectivity index (χ4n) is 2.49. The Morgan fingerprint density at radius 3 is 2.17 bits per heavy atom. The fourth-order valence-corrected chi connectivity index (χ4v) is 3.41. The van der Waals surface area contributed by atoms with Gasteiger partial charge in [0.25, 0.3) is 5.91 Å². The summed E-state index contributed by atoms with van der Waals surface area (Å²) in [6, 6.07) is 14.4. The molecule has 29 heavy (non-hydrogen) atoms. The molecule has 0 heterocycles. The molecule has 0 radical (unpaired) electrons. The molecule has 0 spiro atoms. The lowest BCUT2D eigenvalue weighted by Gasteiger charge is -2.16. The number of nitrogens with one attached hydrogen (secondary N) is 2. The Labute approximate surface area is 172 Å². The van der Waals surface area contributed by atoms with Gasteiger partial charge in [-0.25, -0.2) is 0 Å². The Bertz CT molecular complexity index is 884. The lowest BCUT2D eigenvalue weighted by atomic mass is 10.1. The van der Waals surface area contributed by atoms with Gasteiger partial charge in [-0.05, 0) is 43.2 Å². The molecule has 7 nitrogen and oxygen atoms in total. The van der Waals surface area contributed by atoms with Crippen molar-refractivity contribution in [2.45, 2.75) is 31.6 Å².